The van der Waals surface area contributed by atoms with Crippen LogP contribution in [0.1, 0.15) is 57.7 Å². The summed E-state index contributed by atoms with van der Waals surface area (Å²) in [6.45, 7) is 5.89. The molecule has 13 nitrogen and oxygen atoms in total. The topological polar surface area (TPSA) is 152 Å². The summed E-state index contributed by atoms with van der Waals surface area (Å²) >= 11 is 0. The van der Waals surface area contributed by atoms with Crippen LogP contribution in [-0.4, -0.2) is 99.1 Å². The number of aryl methyl sites for hydroxylation is 1. The number of hydrogen-bond acceptors (Lipinski definition) is 8. The zero-order valence-corrected chi connectivity index (χ0v) is 26.7. The summed E-state index contributed by atoms with van der Waals surface area (Å²) in [6.07, 6.45) is 4.95. The van der Waals surface area contributed by atoms with Crippen molar-refractivity contribution in [3.8, 4) is 0 Å². The number of nitrogens with one attached hydrogen (secondary N) is 2. The van der Waals surface area contributed by atoms with Gasteiger partial charge in [-0.1, -0.05) is 30.3 Å². The van der Waals surface area contributed by atoms with Crippen LogP contribution in [-0.2, 0) is 48.5 Å². The van der Waals surface area contributed by atoms with E-state index in [1.54, 1.807) is 44.9 Å². The lowest BCUT2D eigenvalue weighted by atomic mass is 10.0. The third kappa shape index (κ3) is 8.61. The zero-order valence-electron chi connectivity index (χ0n) is 26.7. The summed E-state index contributed by atoms with van der Waals surface area (Å²) in [5.74, 6) is -1.75. The summed E-state index contributed by atoms with van der Waals surface area (Å²) in [7, 11) is 3.06. The van der Waals surface area contributed by atoms with Gasteiger partial charge in [0, 0.05) is 44.9 Å². The largest absolute Gasteiger partial charge is 0.467 e. The first-order valence-electron chi connectivity index (χ1n) is 15.4. The minimum atomic E-state index is -1.000. The number of carbonyl (C=O) groups excluding carboxylic acids is 5. The number of imidazole rings is 1. The lowest BCUT2D eigenvalue weighted by Gasteiger charge is -2.33. The second-order valence-corrected chi connectivity index (χ2v) is 12.6. The smallest absolute Gasteiger partial charge is 0.408 e. The van der Waals surface area contributed by atoms with Crippen molar-refractivity contribution in [3.05, 3.63) is 54.1 Å². The van der Waals surface area contributed by atoms with Gasteiger partial charge in [-0.2, -0.15) is 0 Å². The van der Waals surface area contributed by atoms with Crippen molar-refractivity contribution in [2.24, 2.45) is 7.05 Å². The molecular formula is C32H44N6O7. The second-order valence-electron chi connectivity index (χ2n) is 12.6. The first-order chi connectivity index (χ1) is 21.4. The van der Waals surface area contributed by atoms with E-state index in [0.29, 0.717) is 38.8 Å². The summed E-state index contributed by atoms with van der Waals surface area (Å²) in [6, 6.07) is 5.78. The van der Waals surface area contributed by atoms with Crippen molar-refractivity contribution in [1.29, 1.82) is 0 Å². The van der Waals surface area contributed by atoms with Gasteiger partial charge in [-0.05, 0) is 52.0 Å². The molecule has 2 aliphatic rings. The number of alkyl carbamates (subject to hydrolysis) is 1. The second kappa shape index (κ2) is 14.6. The maximum atomic E-state index is 14.0. The van der Waals surface area contributed by atoms with Gasteiger partial charge in [0.15, 0.2) is 0 Å². The Balaban J connectivity index is 1.48. The van der Waals surface area contributed by atoms with Crippen LogP contribution in [0.4, 0.5) is 4.79 Å². The molecule has 0 unspecified atom stereocenters. The maximum absolute atomic E-state index is 14.0. The number of benzene rings is 1. The van der Waals surface area contributed by atoms with Gasteiger partial charge < -0.3 is 34.5 Å². The molecule has 45 heavy (non-hydrogen) atoms. The number of likely N-dealkylation sites (tertiary alicyclic amines) is 2. The van der Waals surface area contributed by atoms with E-state index in [4.69, 9.17) is 9.47 Å². The van der Waals surface area contributed by atoms with E-state index in [2.05, 4.69) is 15.6 Å². The molecule has 0 saturated carbocycles. The zero-order chi connectivity index (χ0) is 32.7. The summed E-state index contributed by atoms with van der Waals surface area (Å²) < 4.78 is 12.1. The Morgan fingerprint density at radius 3 is 2.22 bits per heavy atom. The molecule has 2 aliphatic heterocycles. The van der Waals surface area contributed by atoms with Crippen molar-refractivity contribution in [1.82, 2.24) is 30.0 Å². The number of nitrogens with zero attached hydrogens (tertiary/aromatic N) is 4. The Hall–Kier alpha value is -4.42. The van der Waals surface area contributed by atoms with E-state index in [0.717, 1.165) is 11.3 Å². The first kappa shape index (κ1) is 33.5. The molecule has 0 radical (unpaired) electrons. The van der Waals surface area contributed by atoms with Gasteiger partial charge in [0.05, 0.1) is 13.4 Å². The number of ether oxygens (including phenoxy) is 2. The van der Waals surface area contributed by atoms with E-state index < -0.39 is 53.6 Å². The molecule has 13 heteroatoms. The Morgan fingerprint density at radius 2 is 1.60 bits per heavy atom. The van der Waals surface area contributed by atoms with Crippen LogP contribution >= 0.6 is 0 Å². The van der Waals surface area contributed by atoms with Gasteiger partial charge in [0.25, 0.3) is 0 Å². The molecule has 3 heterocycles. The van der Waals surface area contributed by atoms with Crippen LogP contribution in [0, 0.1) is 0 Å². The number of rotatable bonds is 10. The Kier molecular flexibility index (Phi) is 10.8. The molecule has 0 bridgehead atoms. The Labute approximate surface area is 263 Å². The average molecular weight is 625 g/mol. The van der Waals surface area contributed by atoms with Crippen molar-refractivity contribution in [2.45, 2.75) is 89.1 Å². The Bertz CT molecular complexity index is 1370. The van der Waals surface area contributed by atoms with Crippen molar-refractivity contribution in [2.75, 3.05) is 20.2 Å². The van der Waals surface area contributed by atoms with Gasteiger partial charge >= 0.3 is 12.1 Å². The molecule has 1 aromatic heterocycles. The van der Waals surface area contributed by atoms with E-state index in [1.165, 1.54) is 16.9 Å². The molecule has 2 fully saturated rings. The lowest BCUT2D eigenvalue weighted by Crippen LogP contribution is -2.57. The molecule has 244 valence electrons. The SMILES string of the molecule is COC(=O)[C@H](Cc1ccccc1)NC(=O)[C@H]1CCCN1C(=O)[C@@H]1CCCN1C(=O)[C@H](Cc1cncn1C)NC(=O)OC(C)(C)C. The van der Waals surface area contributed by atoms with Gasteiger partial charge in [0.2, 0.25) is 17.7 Å². The number of aromatic nitrogens is 2. The highest BCUT2D eigenvalue weighted by atomic mass is 16.6. The number of methoxy groups -OCH3 is 1. The molecule has 2 N–H and O–H groups in total. The molecule has 0 aliphatic carbocycles. The minimum Gasteiger partial charge on any atom is -0.467 e. The van der Waals surface area contributed by atoms with Gasteiger partial charge in [-0.25, -0.2) is 14.6 Å². The maximum Gasteiger partial charge on any atom is 0.408 e. The summed E-state index contributed by atoms with van der Waals surface area (Å²) in [4.78, 5) is 73.9. The number of carbonyl (C=O) groups is 5. The van der Waals surface area contributed by atoms with Crippen molar-refractivity contribution >= 4 is 29.8 Å². The van der Waals surface area contributed by atoms with E-state index in [9.17, 15) is 24.0 Å². The fraction of sp³-hybridized carbons (Fsp3) is 0.562. The molecule has 2 saturated heterocycles. The minimum absolute atomic E-state index is 0.150. The predicted octanol–water partition coefficient (Wildman–Crippen LogP) is 1.74. The van der Waals surface area contributed by atoms with Crippen molar-refractivity contribution < 1.29 is 33.4 Å². The molecule has 2 aromatic rings. The highest BCUT2D eigenvalue weighted by molar-refractivity contribution is 5.95. The monoisotopic (exact) mass is 624 g/mol. The van der Waals surface area contributed by atoms with Crippen LogP contribution in [0.15, 0.2) is 42.9 Å². The third-order valence-corrected chi connectivity index (χ3v) is 8.06. The van der Waals surface area contributed by atoms with Gasteiger partial charge in [0.1, 0.15) is 29.8 Å². The van der Waals surface area contributed by atoms with E-state index in [1.807, 2.05) is 30.3 Å². The van der Waals surface area contributed by atoms with Crippen LogP contribution in [0.25, 0.3) is 0 Å². The highest BCUT2D eigenvalue weighted by Crippen LogP contribution is 2.26. The predicted molar refractivity (Wildman–Crippen MR) is 164 cm³/mol. The molecule has 0 spiro atoms. The highest BCUT2D eigenvalue weighted by Gasteiger charge is 2.44. The lowest BCUT2D eigenvalue weighted by molar-refractivity contribution is -0.149. The van der Waals surface area contributed by atoms with E-state index in [-0.39, 0.29) is 18.7 Å². The van der Waals surface area contributed by atoms with Crippen LogP contribution in [0.5, 0.6) is 0 Å². The molecule has 4 atom stereocenters. The van der Waals surface area contributed by atoms with Crippen LogP contribution in [0.2, 0.25) is 0 Å². The standard InChI is InChI=1S/C32H44N6O7/c1-32(2,3)45-31(43)35-23(18-22-19-33-20-36(22)4)28(40)38-16-10-14-26(38)29(41)37-15-9-13-25(37)27(39)34-24(30(42)44-5)17-21-11-7-6-8-12-21/h6-8,11-12,19-20,23-26H,9-10,13-18H2,1-5H3,(H,34,39)(H,35,43)/t23-,24-,25+,26-/m0/s1. The fourth-order valence-electron chi connectivity index (χ4n) is 5.88. The average Bonchev–Trinajstić information content (AvgIpc) is 3.76. The quantitative estimate of drug-likeness (QED) is 0.380. The van der Waals surface area contributed by atoms with Crippen LogP contribution in [0.3, 0.4) is 0 Å². The summed E-state index contributed by atoms with van der Waals surface area (Å²) in [5, 5.41) is 5.50. The molecular weight excluding hydrogens is 580 g/mol. The molecule has 4 rings (SSSR count). The molecule has 4 amide bonds. The number of esters is 1. The van der Waals surface area contributed by atoms with Crippen LogP contribution < -0.4 is 10.6 Å². The molecule has 1 aromatic carbocycles. The number of amides is 4. The summed E-state index contributed by atoms with van der Waals surface area (Å²) in [5.41, 5.74) is 0.808. The Morgan fingerprint density at radius 1 is 0.933 bits per heavy atom. The third-order valence-electron chi connectivity index (χ3n) is 8.06. The fourth-order valence-corrected chi connectivity index (χ4v) is 5.88. The van der Waals surface area contributed by atoms with Gasteiger partial charge in [-0.3, -0.25) is 14.4 Å². The van der Waals surface area contributed by atoms with Gasteiger partial charge in [-0.15, -0.1) is 0 Å². The normalized spacial score (nSPS) is 19.5. The number of hydrogen-bond donors (Lipinski definition) is 2. The van der Waals surface area contributed by atoms with E-state index >= 15 is 0 Å². The van der Waals surface area contributed by atoms with Crippen molar-refractivity contribution in [3.63, 3.8) is 0 Å². The first-order valence-corrected chi connectivity index (χ1v) is 15.4.